The van der Waals surface area contributed by atoms with Gasteiger partial charge in [0.15, 0.2) is 0 Å². The molecule has 0 heterocycles. The van der Waals surface area contributed by atoms with Crippen LogP contribution in [-0.2, 0) is 10.3 Å². The lowest BCUT2D eigenvalue weighted by Crippen LogP contribution is -2.28. The number of hydrogen-bond donors (Lipinski definition) is 0. The van der Waals surface area contributed by atoms with E-state index >= 15 is 0 Å². The molecule has 1 aliphatic carbocycles. The Hall–Kier alpha value is -2.38. The molecule has 120 valence electrons. The van der Waals surface area contributed by atoms with Gasteiger partial charge in [-0.3, -0.25) is 0 Å². The van der Waals surface area contributed by atoms with Gasteiger partial charge in [-0.1, -0.05) is 79.7 Å². The highest BCUT2D eigenvalue weighted by atomic mass is 16.5. The molecular weight excluding hydrogens is 292 g/mol. The van der Waals surface area contributed by atoms with Gasteiger partial charge in [0.25, 0.3) is 0 Å². The zero-order valence-corrected chi connectivity index (χ0v) is 14.3. The summed E-state index contributed by atoms with van der Waals surface area (Å²) in [4.78, 5) is 0. The van der Waals surface area contributed by atoms with Crippen molar-refractivity contribution in [1.29, 1.82) is 0 Å². The van der Waals surface area contributed by atoms with Crippen LogP contribution in [0.2, 0.25) is 0 Å². The maximum atomic E-state index is 6.50. The van der Waals surface area contributed by atoms with Gasteiger partial charge in [-0.05, 0) is 46.4 Å². The fourth-order valence-electron chi connectivity index (χ4n) is 3.98. The highest BCUT2D eigenvalue weighted by Crippen LogP contribution is 2.53. The van der Waals surface area contributed by atoms with Gasteiger partial charge in [-0.25, -0.2) is 0 Å². The smallest absolute Gasteiger partial charge is 0.119 e. The molecule has 3 aromatic rings. The average molecular weight is 314 g/mol. The fourth-order valence-corrected chi connectivity index (χ4v) is 3.98. The van der Waals surface area contributed by atoms with Gasteiger partial charge in [0.05, 0.1) is 6.61 Å². The van der Waals surface area contributed by atoms with Crippen molar-refractivity contribution < 1.29 is 4.74 Å². The molecule has 0 aliphatic heterocycles. The molecule has 0 saturated carbocycles. The zero-order chi connectivity index (χ0) is 16.7. The largest absolute Gasteiger partial charge is 0.361 e. The SMILES string of the molecule is C=C(C)COC1(CC)c2ccccc2-c2c1ccc1ccccc21. The van der Waals surface area contributed by atoms with Crippen LogP contribution < -0.4 is 0 Å². The topological polar surface area (TPSA) is 9.23 Å². The Morgan fingerprint density at radius 3 is 2.50 bits per heavy atom. The van der Waals surface area contributed by atoms with Gasteiger partial charge in [0.1, 0.15) is 5.60 Å². The van der Waals surface area contributed by atoms with Crippen molar-refractivity contribution >= 4 is 10.8 Å². The van der Waals surface area contributed by atoms with E-state index < -0.39 is 0 Å². The van der Waals surface area contributed by atoms with Crippen LogP contribution in [0.1, 0.15) is 31.4 Å². The molecule has 3 aromatic carbocycles. The summed E-state index contributed by atoms with van der Waals surface area (Å²) < 4.78 is 6.50. The molecule has 0 aromatic heterocycles. The molecule has 0 radical (unpaired) electrons. The molecule has 0 amide bonds. The average Bonchev–Trinajstić information content (AvgIpc) is 2.91. The van der Waals surface area contributed by atoms with Gasteiger partial charge < -0.3 is 4.74 Å². The third-order valence-electron chi connectivity index (χ3n) is 5.06. The maximum absolute atomic E-state index is 6.50. The Morgan fingerprint density at radius 2 is 1.71 bits per heavy atom. The van der Waals surface area contributed by atoms with Gasteiger partial charge in [0.2, 0.25) is 0 Å². The number of hydrogen-bond acceptors (Lipinski definition) is 1. The molecule has 1 unspecified atom stereocenters. The monoisotopic (exact) mass is 314 g/mol. The summed E-state index contributed by atoms with van der Waals surface area (Å²) in [5.74, 6) is 0. The second-order valence-electron chi connectivity index (χ2n) is 6.68. The van der Waals surface area contributed by atoms with Crippen molar-refractivity contribution in [1.82, 2.24) is 0 Å². The molecule has 0 spiro atoms. The summed E-state index contributed by atoms with van der Waals surface area (Å²) in [7, 11) is 0. The van der Waals surface area contributed by atoms with E-state index in [0.717, 1.165) is 12.0 Å². The molecule has 0 saturated heterocycles. The second-order valence-corrected chi connectivity index (χ2v) is 6.68. The highest BCUT2D eigenvalue weighted by Gasteiger charge is 2.43. The normalized spacial score (nSPS) is 18.4. The van der Waals surface area contributed by atoms with Crippen LogP contribution in [-0.4, -0.2) is 6.61 Å². The number of rotatable bonds is 4. The number of fused-ring (bicyclic) bond motifs is 5. The van der Waals surface area contributed by atoms with Crippen molar-refractivity contribution in [2.75, 3.05) is 6.61 Å². The van der Waals surface area contributed by atoms with E-state index in [0.29, 0.717) is 6.61 Å². The Kier molecular flexibility index (Phi) is 3.54. The third kappa shape index (κ3) is 2.05. The van der Waals surface area contributed by atoms with E-state index in [4.69, 9.17) is 4.74 Å². The fraction of sp³-hybridized carbons (Fsp3) is 0.217. The van der Waals surface area contributed by atoms with Crippen LogP contribution >= 0.6 is 0 Å². The first-order valence-corrected chi connectivity index (χ1v) is 8.58. The van der Waals surface area contributed by atoms with Crippen LogP contribution in [0.4, 0.5) is 0 Å². The minimum absolute atomic E-state index is 0.380. The van der Waals surface area contributed by atoms with Crippen LogP contribution in [0.5, 0.6) is 0 Å². The van der Waals surface area contributed by atoms with E-state index in [9.17, 15) is 0 Å². The number of ether oxygens (including phenoxy) is 1. The summed E-state index contributed by atoms with van der Waals surface area (Å²) >= 11 is 0. The van der Waals surface area contributed by atoms with Crippen LogP contribution in [0.25, 0.3) is 21.9 Å². The minimum atomic E-state index is -0.380. The molecule has 24 heavy (non-hydrogen) atoms. The zero-order valence-electron chi connectivity index (χ0n) is 14.3. The van der Waals surface area contributed by atoms with E-state index in [1.165, 1.54) is 33.0 Å². The summed E-state index contributed by atoms with van der Waals surface area (Å²) in [6.45, 7) is 8.82. The quantitative estimate of drug-likeness (QED) is 0.531. The van der Waals surface area contributed by atoms with E-state index in [1.54, 1.807) is 0 Å². The van der Waals surface area contributed by atoms with Crippen molar-refractivity contribution in [3.8, 4) is 11.1 Å². The molecular formula is C23H22O. The Bertz CT molecular complexity index is 938. The maximum Gasteiger partial charge on any atom is 0.119 e. The van der Waals surface area contributed by atoms with Crippen molar-refractivity contribution in [3.05, 3.63) is 83.9 Å². The van der Waals surface area contributed by atoms with Crippen molar-refractivity contribution in [2.45, 2.75) is 25.9 Å². The summed E-state index contributed by atoms with van der Waals surface area (Å²) in [5, 5.41) is 2.58. The van der Waals surface area contributed by atoms with E-state index in [2.05, 4.69) is 74.2 Å². The molecule has 0 N–H and O–H groups in total. The van der Waals surface area contributed by atoms with Gasteiger partial charge in [-0.15, -0.1) is 0 Å². The van der Waals surface area contributed by atoms with Gasteiger partial charge in [0, 0.05) is 0 Å². The van der Waals surface area contributed by atoms with Crippen molar-refractivity contribution in [2.24, 2.45) is 0 Å². The lowest BCUT2D eigenvalue weighted by Gasteiger charge is -2.31. The summed E-state index contributed by atoms with van der Waals surface area (Å²) in [6, 6.07) is 21.7. The predicted molar refractivity (Wildman–Crippen MR) is 101 cm³/mol. The second kappa shape index (κ2) is 5.61. The molecule has 0 fully saturated rings. The van der Waals surface area contributed by atoms with Crippen LogP contribution in [0, 0.1) is 0 Å². The van der Waals surface area contributed by atoms with Crippen molar-refractivity contribution in [3.63, 3.8) is 0 Å². The molecule has 1 heteroatoms. The highest BCUT2D eigenvalue weighted by molar-refractivity contribution is 6.02. The van der Waals surface area contributed by atoms with Crippen LogP contribution in [0.15, 0.2) is 72.8 Å². The first kappa shape index (κ1) is 15.2. The lowest BCUT2D eigenvalue weighted by atomic mass is 9.87. The summed E-state index contributed by atoms with van der Waals surface area (Å²) in [5.41, 5.74) is 5.86. The third-order valence-corrected chi connectivity index (χ3v) is 5.06. The summed E-state index contributed by atoms with van der Waals surface area (Å²) in [6.07, 6.45) is 0.905. The molecule has 1 nitrogen and oxygen atoms in total. The number of benzene rings is 3. The Balaban J connectivity index is 2.05. The van der Waals surface area contributed by atoms with E-state index in [-0.39, 0.29) is 5.60 Å². The van der Waals surface area contributed by atoms with Gasteiger partial charge >= 0.3 is 0 Å². The molecule has 4 rings (SSSR count). The lowest BCUT2D eigenvalue weighted by molar-refractivity contribution is -0.00473. The van der Waals surface area contributed by atoms with Crippen LogP contribution in [0.3, 0.4) is 0 Å². The molecule has 0 bridgehead atoms. The molecule has 1 atom stereocenters. The first-order chi connectivity index (χ1) is 11.7. The predicted octanol–water partition coefficient (Wildman–Crippen LogP) is 6.07. The van der Waals surface area contributed by atoms with Gasteiger partial charge in [-0.2, -0.15) is 0 Å². The van der Waals surface area contributed by atoms with E-state index in [1.807, 2.05) is 6.92 Å². The standard InChI is InChI=1S/C23H22O/c1-4-23(24-15-16(2)3)20-12-8-7-11-19(20)22-18-10-6-5-9-17(18)13-14-21(22)23/h5-14H,2,4,15H2,1,3H3. The Labute approximate surface area is 143 Å². The molecule has 1 aliphatic rings. The Morgan fingerprint density at radius 1 is 0.958 bits per heavy atom. The minimum Gasteiger partial charge on any atom is -0.361 e. The first-order valence-electron chi connectivity index (χ1n) is 8.58.